The van der Waals surface area contributed by atoms with Crippen molar-refractivity contribution in [1.29, 1.82) is 0 Å². The highest BCUT2D eigenvalue weighted by molar-refractivity contribution is 5.41. The highest BCUT2D eigenvalue weighted by Crippen LogP contribution is 2.25. The summed E-state index contributed by atoms with van der Waals surface area (Å²) in [6, 6.07) is 18.9. The van der Waals surface area contributed by atoms with Gasteiger partial charge >= 0.3 is 0 Å². The molecule has 2 N–H and O–H groups in total. The number of nitrogens with zero attached hydrogens (tertiary/aromatic N) is 1. The van der Waals surface area contributed by atoms with Gasteiger partial charge in [-0.2, -0.15) is 0 Å². The zero-order valence-electron chi connectivity index (χ0n) is 13.3. The van der Waals surface area contributed by atoms with E-state index in [-0.39, 0.29) is 5.41 Å². The van der Waals surface area contributed by atoms with Crippen LogP contribution in [-0.4, -0.2) is 18.0 Å². The molecule has 0 aliphatic heterocycles. The minimum atomic E-state index is 0.110. The van der Waals surface area contributed by atoms with Gasteiger partial charge in [0.2, 0.25) is 0 Å². The molecule has 0 aliphatic rings. The Balaban J connectivity index is 2.07. The van der Waals surface area contributed by atoms with Gasteiger partial charge in [0.05, 0.1) is 0 Å². The number of anilines is 1. The number of likely N-dealkylation sites (N-methyl/N-ethyl adjacent to an activating group) is 1. The van der Waals surface area contributed by atoms with Crippen molar-refractivity contribution >= 4 is 5.69 Å². The van der Waals surface area contributed by atoms with Crippen LogP contribution in [0.1, 0.15) is 31.9 Å². The van der Waals surface area contributed by atoms with Crippen molar-refractivity contribution in [1.82, 2.24) is 4.90 Å². The number of nitrogens with two attached hydrogens (primary N) is 1. The Kier molecular flexibility index (Phi) is 5.03. The van der Waals surface area contributed by atoms with Crippen LogP contribution in [0.2, 0.25) is 0 Å². The highest BCUT2D eigenvalue weighted by Gasteiger charge is 2.23. The molecule has 0 aliphatic carbocycles. The van der Waals surface area contributed by atoms with Crippen LogP contribution in [0.3, 0.4) is 0 Å². The topological polar surface area (TPSA) is 29.3 Å². The summed E-state index contributed by atoms with van der Waals surface area (Å²) in [5.74, 6) is 0. The first kappa shape index (κ1) is 15.6. The molecule has 0 radical (unpaired) electrons. The minimum absolute atomic E-state index is 0.110. The Morgan fingerprint density at radius 2 is 1.57 bits per heavy atom. The van der Waals surface area contributed by atoms with Crippen LogP contribution in [-0.2, 0) is 12.0 Å². The molecule has 0 spiro atoms. The lowest BCUT2D eigenvalue weighted by Crippen LogP contribution is -2.36. The summed E-state index contributed by atoms with van der Waals surface area (Å²) in [6.45, 7) is 9.89. The second-order valence-electron chi connectivity index (χ2n) is 6.29. The summed E-state index contributed by atoms with van der Waals surface area (Å²) in [4.78, 5) is 2.49. The quantitative estimate of drug-likeness (QED) is 0.809. The lowest BCUT2D eigenvalue weighted by molar-refractivity contribution is 0.226. The Hall–Kier alpha value is -1.80. The predicted octanol–water partition coefficient (Wildman–Crippen LogP) is 4.07. The van der Waals surface area contributed by atoms with E-state index in [0.717, 1.165) is 25.3 Å². The van der Waals surface area contributed by atoms with Crippen molar-refractivity contribution in [3.05, 3.63) is 65.7 Å². The van der Waals surface area contributed by atoms with E-state index >= 15 is 0 Å². The fourth-order valence-corrected chi connectivity index (χ4v) is 2.71. The summed E-state index contributed by atoms with van der Waals surface area (Å²) < 4.78 is 0. The molecule has 2 aromatic rings. The van der Waals surface area contributed by atoms with Gasteiger partial charge in [-0.25, -0.2) is 0 Å². The molecule has 2 rings (SSSR count). The van der Waals surface area contributed by atoms with Crippen molar-refractivity contribution < 1.29 is 0 Å². The van der Waals surface area contributed by atoms with Crippen molar-refractivity contribution in [2.24, 2.45) is 0 Å². The third kappa shape index (κ3) is 4.33. The largest absolute Gasteiger partial charge is 0.399 e. The third-order valence-electron chi connectivity index (χ3n) is 4.01. The second-order valence-corrected chi connectivity index (χ2v) is 6.29. The van der Waals surface area contributed by atoms with Crippen molar-refractivity contribution in [2.75, 3.05) is 18.8 Å². The molecule has 0 atom stereocenters. The van der Waals surface area contributed by atoms with Crippen LogP contribution >= 0.6 is 0 Å². The third-order valence-corrected chi connectivity index (χ3v) is 4.01. The van der Waals surface area contributed by atoms with Crippen molar-refractivity contribution in [3.63, 3.8) is 0 Å². The normalized spacial score (nSPS) is 11.8. The van der Waals surface area contributed by atoms with Gasteiger partial charge in [-0.15, -0.1) is 0 Å². The van der Waals surface area contributed by atoms with Gasteiger partial charge in [0, 0.05) is 24.2 Å². The van der Waals surface area contributed by atoms with E-state index in [9.17, 15) is 0 Å². The highest BCUT2D eigenvalue weighted by atomic mass is 15.1. The molecule has 0 saturated heterocycles. The lowest BCUT2D eigenvalue weighted by Gasteiger charge is -2.32. The molecule has 21 heavy (non-hydrogen) atoms. The summed E-state index contributed by atoms with van der Waals surface area (Å²) in [5, 5.41) is 0. The van der Waals surface area contributed by atoms with Crippen molar-refractivity contribution in [3.8, 4) is 0 Å². The number of hydrogen-bond donors (Lipinski definition) is 1. The van der Waals surface area contributed by atoms with E-state index < -0.39 is 0 Å². The summed E-state index contributed by atoms with van der Waals surface area (Å²) >= 11 is 0. The van der Waals surface area contributed by atoms with E-state index in [0.29, 0.717) is 0 Å². The SMILES string of the molecule is CCN(Cc1ccccc1)CC(C)(C)c1ccc(N)cc1. The molecular weight excluding hydrogens is 256 g/mol. The fraction of sp³-hybridized carbons (Fsp3) is 0.368. The smallest absolute Gasteiger partial charge is 0.0314 e. The van der Waals surface area contributed by atoms with Crippen LogP contribution in [0.15, 0.2) is 54.6 Å². The maximum Gasteiger partial charge on any atom is 0.0314 e. The van der Waals surface area contributed by atoms with E-state index in [1.165, 1.54) is 11.1 Å². The van der Waals surface area contributed by atoms with Gasteiger partial charge in [-0.05, 0) is 29.8 Å². The van der Waals surface area contributed by atoms with E-state index in [1.807, 2.05) is 12.1 Å². The Morgan fingerprint density at radius 1 is 0.952 bits per heavy atom. The first-order valence-electron chi connectivity index (χ1n) is 7.63. The number of nitrogen functional groups attached to an aromatic ring is 1. The molecule has 0 aromatic heterocycles. The molecule has 2 heteroatoms. The van der Waals surface area contributed by atoms with Crippen LogP contribution in [0.25, 0.3) is 0 Å². The molecule has 2 nitrogen and oxygen atoms in total. The number of rotatable bonds is 6. The average molecular weight is 282 g/mol. The Labute approximate surface area is 128 Å². The van der Waals surface area contributed by atoms with Crippen LogP contribution in [0.5, 0.6) is 0 Å². The number of benzene rings is 2. The van der Waals surface area contributed by atoms with E-state index in [2.05, 4.69) is 68.1 Å². The average Bonchev–Trinajstić information content (AvgIpc) is 2.48. The zero-order valence-corrected chi connectivity index (χ0v) is 13.3. The van der Waals surface area contributed by atoms with Gasteiger partial charge in [0.15, 0.2) is 0 Å². The Bertz CT molecular complexity index is 544. The van der Waals surface area contributed by atoms with E-state index in [1.54, 1.807) is 0 Å². The minimum Gasteiger partial charge on any atom is -0.399 e. The monoisotopic (exact) mass is 282 g/mol. The van der Waals surface area contributed by atoms with Gasteiger partial charge < -0.3 is 5.73 Å². The maximum atomic E-state index is 5.79. The zero-order chi connectivity index (χ0) is 15.3. The summed E-state index contributed by atoms with van der Waals surface area (Å²) in [5.41, 5.74) is 9.43. The Morgan fingerprint density at radius 3 is 2.14 bits per heavy atom. The fourth-order valence-electron chi connectivity index (χ4n) is 2.71. The van der Waals surface area contributed by atoms with Crippen LogP contribution < -0.4 is 5.73 Å². The second kappa shape index (κ2) is 6.77. The van der Waals surface area contributed by atoms with Crippen LogP contribution in [0, 0.1) is 0 Å². The van der Waals surface area contributed by atoms with Crippen LogP contribution in [0.4, 0.5) is 5.69 Å². The number of hydrogen-bond acceptors (Lipinski definition) is 2. The van der Waals surface area contributed by atoms with Gasteiger partial charge in [-0.1, -0.05) is 63.2 Å². The molecular formula is C19H26N2. The first-order chi connectivity index (χ1) is 10.0. The van der Waals surface area contributed by atoms with Gasteiger partial charge in [-0.3, -0.25) is 4.90 Å². The molecule has 0 bridgehead atoms. The van der Waals surface area contributed by atoms with E-state index in [4.69, 9.17) is 5.73 Å². The molecule has 112 valence electrons. The molecule has 0 fully saturated rings. The standard InChI is InChI=1S/C19H26N2/c1-4-21(14-16-8-6-5-7-9-16)15-19(2,3)17-10-12-18(20)13-11-17/h5-13H,4,14-15,20H2,1-3H3. The maximum absolute atomic E-state index is 5.79. The molecule has 2 aromatic carbocycles. The first-order valence-corrected chi connectivity index (χ1v) is 7.63. The molecule has 0 amide bonds. The van der Waals surface area contributed by atoms with Gasteiger partial charge in [0.1, 0.15) is 0 Å². The molecule has 0 saturated carbocycles. The molecule has 0 unspecified atom stereocenters. The molecule has 0 heterocycles. The van der Waals surface area contributed by atoms with Crippen molar-refractivity contribution in [2.45, 2.75) is 32.7 Å². The lowest BCUT2D eigenvalue weighted by atomic mass is 9.84. The summed E-state index contributed by atoms with van der Waals surface area (Å²) in [7, 11) is 0. The summed E-state index contributed by atoms with van der Waals surface area (Å²) in [6.07, 6.45) is 0. The van der Waals surface area contributed by atoms with Gasteiger partial charge in [0.25, 0.3) is 0 Å². The predicted molar refractivity (Wildman–Crippen MR) is 91.3 cm³/mol.